The van der Waals surface area contributed by atoms with E-state index in [1.807, 2.05) is 12.1 Å². The van der Waals surface area contributed by atoms with E-state index in [1.165, 1.54) is 6.07 Å². The molecule has 0 heterocycles. The van der Waals surface area contributed by atoms with E-state index in [-0.39, 0.29) is 11.4 Å². The molecule has 0 amide bonds. The minimum atomic E-state index is -0.176. The van der Waals surface area contributed by atoms with Crippen LogP contribution >= 0.6 is 0 Å². The van der Waals surface area contributed by atoms with Crippen LogP contribution in [0.2, 0.25) is 0 Å². The number of hydrogen-bond acceptors (Lipinski definition) is 1. The van der Waals surface area contributed by atoms with Gasteiger partial charge in [-0.3, -0.25) is 0 Å². The van der Waals surface area contributed by atoms with Gasteiger partial charge in [0, 0.05) is 17.6 Å². The fourth-order valence-electron chi connectivity index (χ4n) is 1.16. The summed E-state index contributed by atoms with van der Waals surface area (Å²) in [6, 6.07) is 6.76. The Morgan fingerprint density at radius 3 is 2.53 bits per heavy atom. The second-order valence-corrected chi connectivity index (χ2v) is 4.55. The van der Waals surface area contributed by atoms with E-state index in [1.54, 1.807) is 18.2 Å². The molecule has 1 rings (SSSR count). The molecule has 1 N–H and O–H groups in total. The third-order valence-corrected chi connectivity index (χ3v) is 1.95. The molecule has 0 saturated heterocycles. The fourth-order valence-corrected chi connectivity index (χ4v) is 1.16. The second kappa shape index (κ2) is 5.08. The highest BCUT2D eigenvalue weighted by Crippen LogP contribution is 2.07. The highest BCUT2D eigenvalue weighted by atomic mass is 19.1. The largest absolute Gasteiger partial charge is 0.309 e. The Morgan fingerprint density at radius 1 is 1.27 bits per heavy atom. The van der Waals surface area contributed by atoms with Gasteiger partial charge in [-0.25, -0.2) is 4.39 Å². The van der Waals surface area contributed by atoms with Gasteiger partial charge in [0.25, 0.3) is 0 Å². The zero-order chi connectivity index (χ0) is 11.3. The van der Waals surface area contributed by atoms with Crippen molar-refractivity contribution >= 4 is 6.08 Å². The Balaban J connectivity index is 2.49. The molecular weight excluding hydrogens is 189 g/mol. The lowest BCUT2D eigenvalue weighted by molar-refractivity contribution is 0.450. The van der Waals surface area contributed by atoms with E-state index >= 15 is 0 Å². The number of rotatable bonds is 3. The van der Waals surface area contributed by atoms with E-state index in [0.717, 1.165) is 6.54 Å². The molecule has 0 atom stereocenters. The molecule has 0 aliphatic rings. The maximum atomic E-state index is 13.2. The highest BCUT2D eigenvalue weighted by Gasteiger charge is 2.05. The topological polar surface area (TPSA) is 12.0 Å². The second-order valence-electron chi connectivity index (χ2n) is 4.55. The first-order valence-electron chi connectivity index (χ1n) is 5.15. The molecule has 0 unspecified atom stereocenters. The van der Waals surface area contributed by atoms with Gasteiger partial charge in [0.05, 0.1) is 0 Å². The van der Waals surface area contributed by atoms with Crippen LogP contribution in [0, 0.1) is 5.82 Å². The molecule has 0 aliphatic heterocycles. The van der Waals surface area contributed by atoms with Crippen molar-refractivity contribution in [1.82, 2.24) is 5.32 Å². The summed E-state index contributed by atoms with van der Waals surface area (Å²) in [4.78, 5) is 0. The lowest BCUT2D eigenvalue weighted by atomic mass is 10.1. The van der Waals surface area contributed by atoms with Gasteiger partial charge in [-0.15, -0.1) is 0 Å². The smallest absolute Gasteiger partial charge is 0.130 e. The number of benzene rings is 1. The third-order valence-electron chi connectivity index (χ3n) is 1.95. The molecule has 2 heteroatoms. The summed E-state index contributed by atoms with van der Waals surface area (Å²) in [6.45, 7) is 7.05. The van der Waals surface area contributed by atoms with Crippen molar-refractivity contribution in [2.75, 3.05) is 6.54 Å². The van der Waals surface area contributed by atoms with Gasteiger partial charge in [0.1, 0.15) is 5.82 Å². The van der Waals surface area contributed by atoms with E-state index in [9.17, 15) is 4.39 Å². The summed E-state index contributed by atoms with van der Waals surface area (Å²) in [5.41, 5.74) is 0.729. The average molecular weight is 207 g/mol. The van der Waals surface area contributed by atoms with Crippen molar-refractivity contribution in [3.8, 4) is 0 Å². The van der Waals surface area contributed by atoms with Gasteiger partial charge in [-0.2, -0.15) is 0 Å². The highest BCUT2D eigenvalue weighted by molar-refractivity contribution is 5.49. The van der Waals surface area contributed by atoms with Gasteiger partial charge in [-0.1, -0.05) is 30.4 Å². The summed E-state index contributed by atoms with van der Waals surface area (Å²) in [6.07, 6.45) is 3.73. The maximum Gasteiger partial charge on any atom is 0.130 e. The lowest BCUT2D eigenvalue weighted by Crippen LogP contribution is -2.35. The van der Waals surface area contributed by atoms with Gasteiger partial charge in [0.2, 0.25) is 0 Å². The Kier molecular flexibility index (Phi) is 4.04. The molecule has 0 fully saturated rings. The van der Waals surface area contributed by atoms with Crippen LogP contribution in [-0.4, -0.2) is 12.1 Å². The zero-order valence-electron chi connectivity index (χ0n) is 9.55. The van der Waals surface area contributed by atoms with Gasteiger partial charge < -0.3 is 5.32 Å². The molecule has 1 nitrogen and oxygen atoms in total. The van der Waals surface area contributed by atoms with Crippen molar-refractivity contribution in [2.24, 2.45) is 0 Å². The summed E-state index contributed by atoms with van der Waals surface area (Å²) in [7, 11) is 0. The van der Waals surface area contributed by atoms with Crippen LogP contribution < -0.4 is 5.32 Å². The summed E-state index contributed by atoms with van der Waals surface area (Å²) in [5.74, 6) is -0.176. The predicted octanol–water partition coefficient (Wildman–Crippen LogP) is 3.23. The maximum absolute atomic E-state index is 13.2. The lowest BCUT2D eigenvalue weighted by Gasteiger charge is -2.18. The molecule has 0 bridgehead atoms. The van der Waals surface area contributed by atoms with E-state index in [2.05, 4.69) is 26.1 Å². The number of nitrogens with one attached hydrogen (secondary N) is 1. The van der Waals surface area contributed by atoms with Crippen molar-refractivity contribution < 1.29 is 4.39 Å². The molecule has 1 aromatic carbocycles. The molecular formula is C13H18FN. The normalized spacial score (nSPS) is 12.3. The Labute approximate surface area is 91.0 Å². The first-order chi connectivity index (χ1) is 6.99. The van der Waals surface area contributed by atoms with Gasteiger partial charge >= 0.3 is 0 Å². The fraction of sp³-hybridized carbons (Fsp3) is 0.385. The van der Waals surface area contributed by atoms with Gasteiger partial charge in [0.15, 0.2) is 0 Å². The van der Waals surface area contributed by atoms with Crippen molar-refractivity contribution in [1.29, 1.82) is 0 Å². The Bertz CT molecular complexity index is 337. The average Bonchev–Trinajstić information content (AvgIpc) is 2.13. The summed E-state index contributed by atoms with van der Waals surface area (Å²) < 4.78 is 13.2. The number of halogens is 1. The van der Waals surface area contributed by atoms with Crippen molar-refractivity contribution in [3.05, 3.63) is 41.7 Å². The minimum absolute atomic E-state index is 0.0968. The molecule has 0 spiro atoms. The van der Waals surface area contributed by atoms with Crippen LogP contribution in [0.15, 0.2) is 30.3 Å². The molecule has 0 saturated carbocycles. The quantitative estimate of drug-likeness (QED) is 0.802. The first kappa shape index (κ1) is 11.9. The van der Waals surface area contributed by atoms with E-state index in [4.69, 9.17) is 0 Å². The zero-order valence-corrected chi connectivity index (χ0v) is 9.55. The van der Waals surface area contributed by atoms with Crippen LogP contribution in [0.1, 0.15) is 26.3 Å². The monoisotopic (exact) mass is 207 g/mol. The Hall–Kier alpha value is -1.15. The third kappa shape index (κ3) is 4.75. The van der Waals surface area contributed by atoms with Crippen molar-refractivity contribution in [3.63, 3.8) is 0 Å². The molecule has 1 aromatic rings. The SMILES string of the molecule is CC(C)(C)NCC=Cc1ccccc1F. The summed E-state index contributed by atoms with van der Waals surface area (Å²) >= 11 is 0. The predicted molar refractivity (Wildman–Crippen MR) is 63.2 cm³/mol. The number of hydrogen-bond donors (Lipinski definition) is 1. The molecule has 0 aromatic heterocycles. The standard InChI is InChI=1S/C13H18FN/c1-13(2,3)15-10-6-8-11-7-4-5-9-12(11)14/h4-9,15H,10H2,1-3H3. The minimum Gasteiger partial charge on any atom is -0.309 e. The van der Waals surface area contributed by atoms with Crippen LogP contribution in [0.3, 0.4) is 0 Å². The van der Waals surface area contributed by atoms with Crippen LogP contribution in [0.4, 0.5) is 4.39 Å². The first-order valence-corrected chi connectivity index (χ1v) is 5.15. The molecule has 0 aliphatic carbocycles. The van der Waals surface area contributed by atoms with Crippen LogP contribution in [0.25, 0.3) is 6.08 Å². The van der Waals surface area contributed by atoms with E-state index < -0.39 is 0 Å². The van der Waals surface area contributed by atoms with Crippen LogP contribution in [0.5, 0.6) is 0 Å². The van der Waals surface area contributed by atoms with E-state index in [0.29, 0.717) is 5.56 Å². The molecule has 82 valence electrons. The molecule has 0 radical (unpaired) electrons. The molecule has 15 heavy (non-hydrogen) atoms. The summed E-state index contributed by atoms with van der Waals surface area (Å²) in [5, 5.41) is 3.30. The van der Waals surface area contributed by atoms with Crippen molar-refractivity contribution in [2.45, 2.75) is 26.3 Å². The van der Waals surface area contributed by atoms with Gasteiger partial charge in [-0.05, 0) is 26.8 Å². The Morgan fingerprint density at radius 2 is 1.93 bits per heavy atom. The van der Waals surface area contributed by atoms with Crippen LogP contribution in [-0.2, 0) is 0 Å².